The molecule has 0 radical (unpaired) electrons. The topological polar surface area (TPSA) is 132 Å². The van der Waals surface area contributed by atoms with E-state index in [1.54, 1.807) is 0 Å². The first-order chi connectivity index (χ1) is 13.1. The van der Waals surface area contributed by atoms with Gasteiger partial charge >= 0.3 is 5.97 Å². The van der Waals surface area contributed by atoms with Crippen molar-refractivity contribution in [2.24, 2.45) is 0 Å². The molecule has 0 bridgehead atoms. The molecular formula is C17H28N2O8. The van der Waals surface area contributed by atoms with Crippen molar-refractivity contribution in [3.63, 3.8) is 0 Å². The van der Waals surface area contributed by atoms with E-state index < -0.39 is 5.97 Å². The molecule has 2 amide bonds. The molecular weight excluding hydrogens is 360 g/mol. The fraction of sp³-hybridized carbons (Fsp3) is 0.706. The number of carbonyl (C=O) groups is 3. The number of hydrogen-bond acceptors (Lipinski definition) is 7. The Morgan fingerprint density at radius 3 is 1.85 bits per heavy atom. The molecule has 0 spiro atoms. The number of hydrogen-bond donors (Lipinski definition) is 3. The van der Waals surface area contributed by atoms with Gasteiger partial charge in [0, 0.05) is 25.9 Å². The number of aliphatic carboxylic acids is 1. The lowest BCUT2D eigenvalue weighted by molar-refractivity contribution is -0.142. The van der Waals surface area contributed by atoms with Gasteiger partial charge in [-0.05, 0) is 0 Å². The molecule has 0 saturated heterocycles. The van der Waals surface area contributed by atoms with Gasteiger partial charge < -0.3 is 34.7 Å². The van der Waals surface area contributed by atoms with E-state index in [2.05, 4.69) is 16.6 Å². The highest BCUT2D eigenvalue weighted by Crippen LogP contribution is 1.85. The van der Waals surface area contributed by atoms with Crippen LogP contribution in [0.4, 0.5) is 0 Å². The summed E-state index contributed by atoms with van der Waals surface area (Å²) in [7, 11) is 0. The van der Waals surface area contributed by atoms with Crippen LogP contribution in [0.25, 0.3) is 0 Å². The molecule has 154 valence electrons. The number of carbonyl (C=O) groups excluding carboxylic acids is 2. The van der Waals surface area contributed by atoms with Crippen LogP contribution in [0.2, 0.25) is 0 Å². The molecule has 10 heteroatoms. The Morgan fingerprint density at radius 2 is 1.30 bits per heavy atom. The minimum absolute atomic E-state index is 0.0894. The number of carboxylic acids is 1. The van der Waals surface area contributed by atoms with Gasteiger partial charge in [0.25, 0.3) is 0 Å². The second-order valence-electron chi connectivity index (χ2n) is 5.13. The van der Waals surface area contributed by atoms with Gasteiger partial charge in [0.1, 0.15) is 13.2 Å². The van der Waals surface area contributed by atoms with Crippen molar-refractivity contribution in [1.29, 1.82) is 0 Å². The van der Waals surface area contributed by atoms with E-state index in [0.717, 1.165) is 0 Å². The zero-order valence-electron chi connectivity index (χ0n) is 15.4. The van der Waals surface area contributed by atoms with Crippen LogP contribution >= 0.6 is 0 Å². The molecule has 0 aliphatic rings. The van der Waals surface area contributed by atoms with E-state index in [1.165, 1.54) is 0 Å². The summed E-state index contributed by atoms with van der Waals surface area (Å²) in [6, 6.07) is 0. The number of nitrogens with one attached hydrogen (secondary N) is 2. The predicted octanol–water partition coefficient (Wildman–Crippen LogP) is -1.22. The minimum Gasteiger partial charge on any atom is -0.480 e. The molecule has 0 saturated carbocycles. The zero-order chi connectivity index (χ0) is 20.2. The lowest BCUT2D eigenvalue weighted by atomic mass is 10.3. The molecule has 27 heavy (non-hydrogen) atoms. The van der Waals surface area contributed by atoms with Crippen LogP contribution in [0.15, 0.2) is 0 Å². The second kappa shape index (κ2) is 18.6. The van der Waals surface area contributed by atoms with Crippen LogP contribution in [0, 0.1) is 12.3 Å². The van der Waals surface area contributed by atoms with Crippen LogP contribution < -0.4 is 10.6 Å². The largest absolute Gasteiger partial charge is 0.480 e. The van der Waals surface area contributed by atoms with Gasteiger partial charge in [-0.3, -0.25) is 9.59 Å². The summed E-state index contributed by atoms with van der Waals surface area (Å²) < 4.78 is 20.3. The summed E-state index contributed by atoms with van der Waals surface area (Å²) in [5.41, 5.74) is 0. The number of terminal acetylenes is 1. The van der Waals surface area contributed by atoms with Crippen LogP contribution in [0.5, 0.6) is 0 Å². The van der Waals surface area contributed by atoms with E-state index in [4.69, 9.17) is 30.5 Å². The Balaban J connectivity index is 3.27. The molecule has 3 N–H and O–H groups in total. The first-order valence-corrected chi connectivity index (χ1v) is 8.56. The van der Waals surface area contributed by atoms with E-state index in [-0.39, 0.29) is 44.8 Å². The maximum atomic E-state index is 11.5. The van der Waals surface area contributed by atoms with Crippen molar-refractivity contribution in [1.82, 2.24) is 10.6 Å². The van der Waals surface area contributed by atoms with Gasteiger partial charge in [-0.15, -0.1) is 12.3 Å². The molecule has 10 nitrogen and oxygen atoms in total. The first-order valence-electron chi connectivity index (χ1n) is 8.56. The van der Waals surface area contributed by atoms with Gasteiger partial charge in [-0.1, -0.05) is 0 Å². The summed E-state index contributed by atoms with van der Waals surface area (Å²) in [6.45, 7) is 1.91. The number of rotatable bonds is 18. The summed E-state index contributed by atoms with van der Waals surface area (Å²) >= 11 is 0. The van der Waals surface area contributed by atoms with Gasteiger partial charge in [0.2, 0.25) is 11.8 Å². The highest BCUT2D eigenvalue weighted by molar-refractivity contribution is 5.77. The van der Waals surface area contributed by atoms with Crippen LogP contribution in [0.3, 0.4) is 0 Å². The molecule has 0 aromatic carbocycles. The third-order valence-electron chi connectivity index (χ3n) is 2.84. The lowest BCUT2D eigenvalue weighted by Gasteiger charge is -2.08. The number of carboxylic acid groups (broad SMARTS) is 1. The Morgan fingerprint density at radius 1 is 0.778 bits per heavy atom. The molecule has 0 aromatic heterocycles. The van der Waals surface area contributed by atoms with E-state index in [1.807, 2.05) is 0 Å². The summed E-state index contributed by atoms with van der Waals surface area (Å²) in [6.07, 6.45) is 5.78. The molecule has 0 aromatic rings. The first kappa shape index (κ1) is 24.8. The van der Waals surface area contributed by atoms with Gasteiger partial charge in [-0.2, -0.15) is 0 Å². The monoisotopic (exact) mass is 388 g/mol. The smallest absolute Gasteiger partial charge is 0.329 e. The molecule has 0 fully saturated rings. The summed E-state index contributed by atoms with van der Waals surface area (Å²) in [5.74, 6) is 0.973. The summed E-state index contributed by atoms with van der Waals surface area (Å²) in [4.78, 5) is 32.9. The molecule has 0 heterocycles. The van der Waals surface area contributed by atoms with E-state index in [9.17, 15) is 14.4 Å². The average molecular weight is 388 g/mol. The fourth-order valence-corrected chi connectivity index (χ4v) is 1.61. The normalized spacial score (nSPS) is 10.2. The number of amides is 2. The second-order valence-corrected chi connectivity index (χ2v) is 5.13. The quantitative estimate of drug-likeness (QED) is 0.197. The maximum absolute atomic E-state index is 11.5. The van der Waals surface area contributed by atoms with Crippen molar-refractivity contribution >= 4 is 17.8 Å². The standard InChI is InChI=1S/C17H28N2O8/c1-2-3-4-15(20)18-5-7-24-9-11-26-13-16(21)19-6-8-25-10-12-27-14-17(22)23/h1H,3-14H2,(H,18,20)(H,19,21)(H,22,23). The fourth-order valence-electron chi connectivity index (χ4n) is 1.61. The van der Waals surface area contributed by atoms with Crippen molar-refractivity contribution < 1.29 is 38.4 Å². The highest BCUT2D eigenvalue weighted by atomic mass is 16.5. The molecule has 0 atom stereocenters. The molecule has 0 unspecified atom stereocenters. The Bertz CT molecular complexity index is 464. The van der Waals surface area contributed by atoms with Gasteiger partial charge in [0.05, 0.1) is 39.6 Å². The minimum atomic E-state index is -1.03. The van der Waals surface area contributed by atoms with Crippen LogP contribution in [-0.4, -0.2) is 88.8 Å². The maximum Gasteiger partial charge on any atom is 0.329 e. The Labute approximate surface area is 158 Å². The third-order valence-corrected chi connectivity index (χ3v) is 2.84. The van der Waals surface area contributed by atoms with Crippen molar-refractivity contribution in [3.05, 3.63) is 0 Å². The van der Waals surface area contributed by atoms with E-state index in [0.29, 0.717) is 45.8 Å². The van der Waals surface area contributed by atoms with Crippen molar-refractivity contribution in [2.75, 3.05) is 65.9 Å². The lowest BCUT2D eigenvalue weighted by Crippen LogP contribution is -2.31. The molecule has 0 rings (SSSR count). The Kier molecular flexibility index (Phi) is 17.1. The SMILES string of the molecule is C#CCCC(=O)NCCOCCOCC(=O)NCCOCCOCC(=O)O. The highest BCUT2D eigenvalue weighted by Gasteiger charge is 2.02. The Hall–Kier alpha value is -2.19. The molecule has 0 aliphatic heterocycles. The summed E-state index contributed by atoms with van der Waals surface area (Å²) in [5, 5.41) is 13.6. The van der Waals surface area contributed by atoms with Crippen LogP contribution in [0.1, 0.15) is 12.8 Å². The number of ether oxygens (including phenoxy) is 4. The average Bonchev–Trinajstić information content (AvgIpc) is 2.64. The molecule has 0 aliphatic carbocycles. The predicted molar refractivity (Wildman–Crippen MR) is 95.0 cm³/mol. The van der Waals surface area contributed by atoms with E-state index >= 15 is 0 Å². The van der Waals surface area contributed by atoms with Gasteiger partial charge in [0.15, 0.2) is 0 Å². The van der Waals surface area contributed by atoms with Gasteiger partial charge in [-0.25, -0.2) is 4.79 Å². The van der Waals surface area contributed by atoms with Crippen molar-refractivity contribution in [3.8, 4) is 12.3 Å². The zero-order valence-corrected chi connectivity index (χ0v) is 15.4. The van der Waals surface area contributed by atoms with Crippen molar-refractivity contribution in [2.45, 2.75) is 12.8 Å². The van der Waals surface area contributed by atoms with Crippen LogP contribution in [-0.2, 0) is 33.3 Å². The third kappa shape index (κ3) is 20.0.